The monoisotopic (exact) mass is 403 g/mol. The number of piperidine rings is 1. The molecule has 2 heterocycles. The molecule has 1 aliphatic carbocycles. The average molecular weight is 404 g/mol. The van der Waals surface area contributed by atoms with Crippen LogP contribution in [-0.2, 0) is 10.0 Å². The third-order valence-corrected chi connectivity index (χ3v) is 8.02. The quantitative estimate of drug-likeness (QED) is 0.800. The van der Waals surface area contributed by atoms with Gasteiger partial charge in [0.05, 0.1) is 6.04 Å². The highest BCUT2D eigenvalue weighted by molar-refractivity contribution is 7.89. The lowest BCUT2D eigenvalue weighted by Gasteiger charge is -2.34. The zero-order valence-electron chi connectivity index (χ0n) is 16.2. The second-order valence-corrected chi connectivity index (χ2v) is 9.76. The van der Waals surface area contributed by atoms with Crippen molar-refractivity contribution >= 4 is 10.0 Å². The van der Waals surface area contributed by atoms with Crippen LogP contribution in [-0.4, -0.2) is 46.8 Å². The topological polar surface area (TPSA) is 75.4 Å². The van der Waals surface area contributed by atoms with Gasteiger partial charge in [0.15, 0.2) is 0 Å². The van der Waals surface area contributed by atoms with Crippen LogP contribution in [0.1, 0.15) is 57.4 Å². The van der Waals surface area contributed by atoms with E-state index in [1.807, 2.05) is 35.0 Å². The summed E-state index contributed by atoms with van der Waals surface area (Å²) in [5.41, 5.74) is 1.37. The van der Waals surface area contributed by atoms with Crippen molar-refractivity contribution in [3.8, 4) is 11.3 Å². The summed E-state index contributed by atoms with van der Waals surface area (Å²) in [6, 6.07) is 9.73. The molecule has 1 aliphatic heterocycles. The molecule has 1 atom stereocenters. The maximum absolute atomic E-state index is 13.7. The number of hydrogen-bond donors (Lipinski definition) is 1. The summed E-state index contributed by atoms with van der Waals surface area (Å²) >= 11 is 0. The first-order valence-corrected chi connectivity index (χ1v) is 11.8. The van der Waals surface area contributed by atoms with Gasteiger partial charge in [-0.25, -0.2) is 8.42 Å². The Morgan fingerprint density at radius 3 is 2.46 bits per heavy atom. The molecule has 6 nitrogen and oxygen atoms in total. The van der Waals surface area contributed by atoms with Crippen LogP contribution in [0.2, 0.25) is 0 Å². The Morgan fingerprint density at radius 1 is 1.04 bits per heavy atom. The number of rotatable bonds is 6. The minimum absolute atomic E-state index is 0.00354. The summed E-state index contributed by atoms with van der Waals surface area (Å²) in [5.74, 6) is 0. The van der Waals surface area contributed by atoms with Crippen LogP contribution < -0.4 is 0 Å². The summed E-state index contributed by atoms with van der Waals surface area (Å²) in [7, 11) is -3.68. The molecule has 0 amide bonds. The van der Waals surface area contributed by atoms with Crippen molar-refractivity contribution in [2.45, 2.75) is 68.3 Å². The minimum Gasteiger partial charge on any atom is -0.396 e. The fourth-order valence-corrected chi connectivity index (χ4v) is 6.44. The smallest absolute Gasteiger partial charge is 0.247 e. The molecule has 4 rings (SSSR count). The summed E-state index contributed by atoms with van der Waals surface area (Å²) in [4.78, 5) is 0.301. The molecule has 1 unspecified atom stereocenters. The van der Waals surface area contributed by atoms with E-state index in [1.165, 1.54) is 0 Å². The minimum atomic E-state index is -3.68. The molecule has 1 saturated heterocycles. The molecule has 0 spiro atoms. The van der Waals surface area contributed by atoms with Gasteiger partial charge in [-0.2, -0.15) is 9.40 Å². The molecular formula is C21H29N3O3S. The largest absolute Gasteiger partial charge is 0.396 e. The lowest BCUT2D eigenvalue weighted by molar-refractivity contribution is 0.192. The third-order valence-electron chi connectivity index (χ3n) is 6.07. The fourth-order valence-electron chi connectivity index (χ4n) is 4.57. The van der Waals surface area contributed by atoms with E-state index in [-0.39, 0.29) is 18.7 Å². The average Bonchev–Trinajstić information content (AvgIpc) is 3.39. The lowest BCUT2D eigenvalue weighted by atomic mass is 10.0. The van der Waals surface area contributed by atoms with E-state index in [9.17, 15) is 13.5 Å². The molecule has 7 heteroatoms. The summed E-state index contributed by atoms with van der Waals surface area (Å²) in [6.45, 7) is 0.513. The first-order chi connectivity index (χ1) is 13.6. The van der Waals surface area contributed by atoms with Crippen molar-refractivity contribution in [3.63, 3.8) is 0 Å². The van der Waals surface area contributed by atoms with Crippen LogP contribution in [0.25, 0.3) is 11.3 Å². The van der Waals surface area contributed by atoms with E-state index in [0.29, 0.717) is 23.6 Å². The molecule has 1 aromatic heterocycles. The summed E-state index contributed by atoms with van der Waals surface area (Å²) < 4.78 is 30.9. The normalized spacial score (nSPS) is 22.0. The number of hydrogen-bond acceptors (Lipinski definition) is 4. The van der Waals surface area contributed by atoms with E-state index in [2.05, 4.69) is 0 Å². The maximum atomic E-state index is 13.7. The Balaban J connectivity index is 1.78. The predicted molar refractivity (Wildman–Crippen MR) is 108 cm³/mol. The molecule has 2 aromatic rings. The zero-order chi connectivity index (χ0) is 19.6. The molecule has 2 aliphatic rings. The highest BCUT2D eigenvalue weighted by atomic mass is 32.2. The van der Waals surface area contributed by atoms with Gasteiger partial charge in [0.1, 0.15) is 10.6 Å². The molecule has 1 saturated carbocycles. The first-order valence-electron chi connectivity index (χ1n) is 10.4. The van der Waals surface area contributed by atoms with Gasteiger partial charge in [0.2, 0.25) is 10.0 Å². The maximum Gasteiger partial charge on any atom is 0.247 e. The van der Waals surface area contributed by atoms with Crippen molar-refractivity contribution in [2.75, 3.05) is 13.2 Å². The van der Waals surface area contributed by atoms with Gasteiger partial charge in [-0.05, 0) is 32.1 Å². The van der Waals surface area contributed by atoms with Gasteiger partial charge in [0, 0.05) is 31.0 Å². The molecule has 2 fully saturated rings. The van der Waals surface area contributed by atoms with Crippen molar-refractivity contribution in [1.82, 2.24) is 14.1 Å². The Hall–Kier alpha value is -1.70. The van der Waals surface area contributed by atoms with E-state index >= 15 is 0 Å². The number of benzene rings is 1. The first kappa shape index (κ1) is 19.6. The molecule has 28 heavy (non-hydrogen) atoms. The van der Waals surface area contributed by atoms with Gasteiger partial charge in [-0.15, -0.1) is 0 Å². The SMILES string of the molecule is O=S(=O)(c1cn(C2CCCC2)nc1-c1ccccc1)N1CCCCC1CCO. The van der Waals surface area contributed by atoms with Gasteiger partial charge >= 0.3 is 0 Å². The highest BCUT2D eigenvalue weighted by Gasteiger charge is 2.36. The van der Waals surface area contributed by atoms with Crippen LogP contribution in [0, 0.1) is 0 Å². The molecule has 152 valence electrons. The fraction of sp³-hybridized carbons (Fsp3) is 0.571. The number of aliphatic hydroxyl groups excluding tert-OH is 1. The van der Waals surface area contributed by atoms with E-state index in [1.54, 1.807) is 10.5 Å². The van der Waals surface area contributed by atoms with Crippen molar-refractivity contribution < 1.29 is 13.5 Å². The number of aromatic nitrogens is 2. The van der Waals surface area contributed by atoms with Crippen molar-refractivity contribution in [3.05, 3.63) is 36.5 Å². The second-order valence-electron chi connectivity index (χ2n) is 7.90. The van der Waals surface area contributed by atoms with Crippen LogP contribution in [0.4, 0.5) is 0 Å². The molecule has 1 aromatic carbocycles. The Morgan fingerprint density at radius 2 is 1.75 bits per heavy atom. The van der Waals surface area contributed by atoms with Gasteiger partial charge in [-0.1, -0.05) is 49.6 Å². The Kier molecular flexibility index (Phi) is 5.85. The van der Waals surface area contributed by atoms with Crippen molar-refractivity contribution in [1.29, 1.82) is 0 Å². The predicted octanol–water partition coefficient (Wildman–Crippen LogP) is 3.59. The van der Waals surface area contributed by atoms with E-state index in [0.717, 1.165) is 50.5 Å². The number of nitrogens with zero attached hydrogens (tertiary/aromatic N) is 3. The number of aliphatic hydroxyl groups is 1. The zero-order valence-corrected chi connectivity index (χ0v) is 17.0. The van der Waals surface area contributed by atoms with Crippen LogP contribution in [0.3, 0.4) is 0 Å². The Bertz CT molecular complexity index is 887. The highest BCUT2D eigenvalue weighted by Crippen LogP contribution is 2.36. The second kappa shape index (κ2) is 8.35. The molecular weight excluding hydrogens is 374 g/mol. The van der Waals surface area contributed by atoms with E-state index < -0.39 is 10.0 Å². The summed E-state index contributed by atoms with van der Waals surface area (Å²) in [6.07, 6.45) is 9.32. The van der Waals surface area contributed by atoms with Crippen molar-refractivity contribution in [2.24, 2.45) is 0 Å². The summed E-state index contributed by atoms with van der Waals surface area (Å²) in [5, 5.41) is 14.2. The van der Waals surface area contributed by atoms with Gasteiger partial charge < -0.3 is 5.11 Å². The lowest BCUT2D eigenvalue weighted by Crippen LogP contribution is -2.44. The molecule has 0 bridgehead atoms. The van der Waals surface area contributed by atoms with Crippen LogP contribution in [0.5, 0.6) is 0 Å². The van der Waals surface area contributed by atoms with E-state index in [4.69, 9.17) is 5.10 Å². The van der Waals surface area contributed by atoms with Gasteiger partial charge in [0.25, 0.3) is 0 Å². The van der Waals surface area contributed by atoms with Gasteiger partial charge in [-0.3, -0.25) is 4.68 Å². The molecule has 0 radical (unpaired) electrons. The van der Waals surface area contributed by atoms with Crippen LogP contribution in [0.15, 0.2) is 41.4 Å². The standard InChI is InChI=1S/C21H29N3O3S/c25-15-13-19-12-6-7-14-24(19)28(26,27)20-16-23(18-10-4-5-11-18)22-21(20)17-8-2-1-3-9-17/h1-3,8-9,16,18-19,25H,4-7,10-15H2. The Labute approximate surface area is 167 Å². The number of sulfonamides is 1. The third kappa shape index (κ3) is 3.75. The van der Waals surface area contributed by atoms with Crippen LogP contribution >= 0.6 is 0 Å². The molecule has 1 N–H and O–H groups in total.